The van der Waals surface area contributed by atoms with Crippen molar-refractivity contribution in [2.45, 2.75) is 45.7 Å². The first-order valence-corrected chi connectivity index (χ1v) is 7.14. The van der Waals surface area contributed by atoms with Gasteiger partial charge in [-0.3, -0.25) is 9.59 Å². The molecule has 0 aromatic heterocycles. The highest BCUT2D eigenvalue weighted by Crippen LogP contribution is 2.16. The molecule has 1 aliphatic heterocycles. The first-order chi connectivity index (χ1) is 9.47. The number of carbonyl (C=O) groups is 2. The number of carbonyl (C=O) groups excluding carboxylic acids is 2. The maximum atomic E-state index is 12.2. The van der Waals surface area contributed by atoms with Crippen molar-refractivity contribution in [1.82, 2.24) is 10.2 Å². The number of rotatable bonds is 3. The van der Waals surface area contributed by atoms with E-state index in [1.807, 2.05) is 0 Å². The Balaban J connectivity index is 2.08. The van der Waals surface area contributed by atoms with Crippen LogP contribution in [0.15, 0.2) is 24.3 Å². The first kappa shape index (κ1) is 14.6. The highest BCUT2D eigenvalue weighted by Gasteiger charge is 2.26. The summed E-state index contributed by atoms with van der Waals surface area (Å²) in [5.41, 5.74) is 2.39. The molecule has 4 heteroatoms. The highest BCUT2D eigenvalue weighted by molar-refractivity contribution is 5.89. The fraction of sp³-hybridized carbons (Fsp3) is 0.500. The van der Waals surface area contributed by atoms with Crippen molar-refractivity contribution in [2.75, 3.05) is 6.54 Å². The van der Waals surface area contributed by atoms with Gasteiger partial charge in [-0.1, -0.05) is 38.1 Å². The van der Waals surface area contributed by atoms with E-state index in [4.69, 9.17) is 0 Å². The van der Waals surface area contributed by atoms with Gasteiger partial charge in [0.15, 0.2) is 0 Å². The van der Waals surface area contributed by atoms with Crippen LogP contribution in [0.1, 0.15) is 44.2 Å². The minimum Gasteiger partial charge on any atom is -0.345 e. The van der Waals surface area contributed by atoms with Crippen LogP contribution in [0.2, 0.25) is 0 Å². The molecule has 1 atom stereocenters. The average molecular weight is 274 g/mol. The lowest BCUT2D eigenvalue weighted by molar-refractivity contribution is -0.133. The van der Waals surface area contributed by atoms with Crippen molar-refractivity contribution >= 4 is 11.8 Å². The van der Waals surface area contributed by atoms with Crippen LogP contribution in [0.3, 0.4) is 0 Å². The zero-order valence-electron chi connectivity index (χ0n) is 12.3. The molecule has 1 fully saturated rings. The SMILES string of the molecule is CC1NC(=O)CCN(Cc2ccc(C(C)C)cc2)C1=O. The topological polar surface area (TPSA) is 49.4 Å². The van der Waals surface area contributed by atoms with E-state index >= 15 is 0 Å². The third-order valence-electron chi connectivity index (χ3n) is 3.69. The summed E-state index contributed by atoms with van der Waals surface area (Å²) in [4.78, 5) is 25.4. The van der Waals surface area contributed by atoms with Crippen LogP contribution in [-0.4, -0.2) is 29.3 Å². The average Bonchev–Trinajstić information content (AvgIpc) is 2.53. The smallest absolute Gasteiger partial charge is 0.245 e. The number of benzene rings is 1. The quantitative estimate of drug-likeness (QED) is 0.917. The zero-order chi connectivity index (χ0) is 14.7. The van der Waals surface area contributed by atoms with Crippen LogP contribution in [0.5, 0.6) is 0 Å². The third-order valence-corrected chi connectivity index (χ3v) is 3.69. The van der Waals surface area contributed by atoms with Crippen LogP contribution in [0, 0.1) is 0 Å². The van der Waals surface area contributed by atoms with Crippen molar-refractivity contribution in [1.29, 1.82) is 0 Å². The second-order valence-electron chi connectivity index (χ2n) is 5.70. The first-order valence-electron chi connectivity index (χ1n) is 7.14. The maximum Gasteiger partial charge on any atom is 0.245 e. The lowest BCUT2D eigenvalue weighted by atomic mass is 10.0. The van der Waals surface area contributed by atoms with Gasteiger partial charge in [0, 0.05) is 19.5 Å². The number of nitrogens with zero attached hydrogens (tertiary/aromatic N) is 1. The summed E-state index contributed by atoms with van der Waals surface area (Å²) >= 11 is 0. The molecule has 1 aromatic carbocycles. The summed E-state index contributed by atoms with van der Waals surface area (Å²) in [6.45, 7) is 7.11. The fourth-order valence-electron chi connectivity index (χ4n) is 2.38. The van der Waals surface area contributed by atoms with Crippen LogP contribution in [0.4, 0.5) is 0 Å². The third kappa shape index (κ3) is 3.38. The fourth-order valence-corrected chi connectivity index (χ4v) is 2.38. The van der Waals surface area contributed by atoms with Gasteiger partial charge in [-0.05, 0) is 24.0 Å². The predicted octanol–water partition coefficient (Wildman–Crippen LogP) is 2.05. The standard InChI is InChI=1S/C16H22N2O2/c1-11(2)14-6-4-13(5-7-14)10-18-9-8-15(19)17-12(3)16(18)20/h4-7,11-12H,8-10H2,1-3H3,(H,17,19). The van der Waals surface area contributed by atoms with Gasteiger partial charge in [-0.25, -0.2) is 0 Å². The van der Waals surface area contributed by atoms with Gasteiger partial charge < -0.3 is 10.2 Å². The molecule has 1 aromatic rings. The molecule has 1 N–H and O–H groups in total. The summed E-state index contributed by atoms with van der Waals surface area (Å²) in [6, 6.07) is 7.91. The summed E-state index contributed by atoms with van der Waals surface area (Å²) in [5, 5.41) is 2.70. The lowest BCUT2D eigenvalue weighted by Gasteiger charge is -2.22. The second-order valence-corrected chi connectivity index (χ2v) is 5.70. The molecule has 2 amide bonds. The second kappa shape index (κ2) is 6.07. The van der Waals surface area contributed by atoms with Gasteiger partial charge in [-0.15, -0.1) is 0 Å². The van der Waals surface area contributed by atoms with Gasteiger partial charge in [0.1, 0.15) is 6.04 Å². The van der Waals surface area contributed by atoms with Gasteiger partial charge in [0.05, 0.1) is 0 Å². The van der Waals surface area contributed by atoms with Crippen molar-refractivity contribution in [2.24, 2.45) is 0 Å². The Hall–Kier alpha value is -1.84. The number of amides is 2. The molecule has 0 saturated carbocycles. The molecule has 1 unspecified atom stereocenters. The number of nitrogens with one attached hydrogen (secondary N) is 1. The molecule has 4 nitrogen and oxygen atoms in total. The molecule has 108 valence electrons. The Morgan fingerprint density at radius 1 is 1.25 bits per heavy atom. The predicted molar refractivity (Wildman–Crippen MR) is 78.2 cm³/mol. The van der Waals surface area contributed by atoms with E-state index in [1.165, 1.54) is 5.56 Å². The largest absolute Gasteiger partial charge is 0.345 e. The van der Waals surface area contributed by atoms with E-state index in [0.29, 0.717) is 25.4 Å². The Labute approximate surface area is 120 Å². The highest BCUT2D eigenvalue weighted by atomic mass is 16.2. The number of hydrogen-bond donors (Lipinski definition) is 1. The monoisotopic (exact) mass is 274 g/mol. The van der Waals surface area contributed by atoms with Crippen LogP contribution < -0.4 is 5.32 Å². The minimum atomic E-state index is -0.431. The molecule has 1 saturated heterocycles. The molecule has 0 bridgehead atoms. The van der Waals surface area contributed by atoms with Crippen LogP contribution in [0.25, 0.3) is 0 Å². The van der Waals surface area contributed by atoms with Crippen molar-refractivity contribution < 1.29 is 9.59 Å². The van der Waals surface area contributed by atoms with Gasteiger partial charge in [0.25, 0.3) is 0 Å². The molecule has 20 heavy (non-hydrogen) atoms. The molecule has 0 radical (unpaired) electrons. The van der Waals surface area contributed by atoms with E-state index < -0.39 is 6.04 Å². The van der Waals surface area contributed by atoms with E-state index in [1.54, 1.807) is 11.8 Å². The summed E-state index contributed by atoms with van der Waals surface area (Å²) in [6.07, 6.45) is 0.375. The van der Waals surface area contributed by atoms with Crippen molar-refractivity contribution in [3.05, 3.63) is 35.4 Å². The summed E-state index contributed by atoms with van der Waals surface area (Å²) in [5.74, 6) is 0.443. The normalized spacial score (nSPS) is 20.0. The summed E-state index contributed by atoms with van der Waals surface area (Å²) in [7, 11) is 0. The van der Waals surface area contributed by atoms with E-state index in [0.717, 1.165) is 5.56 Å². The van der Waals surface area contributed by atoms with E-state index in [2.05, 4.69) is 43.4 Å². The van der Waals surface area contributed by atoms with Gasteiger partial charge in [0.2, 0.25) is 11.8 Å². The molecule has 1 aliphatic rings. The molecule has 0 aliphatic carbocycles. The maximum absolute atomic E-state index is 12.2. The Bertz CT molecular complexity index is 494. The van der Waals surface area contributed by atoms with Crippen molar-refractivity contribution in [3.8, 4) is 0 Å². The minimum absolute atomic E-state index is 0.0104. The lowest BCUT2D eigenvalue weighted by Crippen LogP contribution is -2.42. The van der Waals surface area contributed by atoms with Crippen LogP contribution in [-0.2, 0) is 16.1 Å². The van der Waals surface area contributed by atoms with Gasteiger partial charge in [-0.2, -0.15) is 0 Å². The Morgan fingerprint density at radius 2 is 1.90 bits per heavy atom. The molecule has 2 rings (SSSR count). The van der Waals surface area contributed by atoms with Gasteiger partial charge >= 0.3 is 0 Å². The molecule has 0 spiro atoms. The Morgan fingerprint density at radius 3 is 2.50 bits per heavy atom. The van der Waals surface area contributed by atoms with E-state index in [9.17, 15) is 9.59 Å². The van der Waals surface area contributed by atoms with E-state index in [-0.39, 0.29) is 11.8 Å². The molecular formula is C16H22N2O2. The molecule has 1 heterocycles. The van der Waals surface area contributed by atoms with Crippen molar-refractivity contribution in [3.63, 3.8) is 0 Å². The summed E-state index contributed by atoms with van der Waals surface area (Å²) < 4.78 is 0. The number of hydrogen-bond acceptors (Lipinski definition) is 2. The van der Waals surface area contributed by atoms with Crippen LogP contribution >= 0.6 is 0 Å². The zero-order valence-corrected chi connectivity index (χ0v) is 12.3. The molecular weight excluding hydrogens is 252 g/mol. The Kier molecular flexibility index (Phi) is 4.42.